The lowest BCUT2D eigenvalue weighted by Crippen LogP contribution is -2.44. The van der Waals surface area contributed by atoms with Crippen molar-refractivity contribution in [3.63, 3.8) is 0 Å². The number of hydrogen-bond donors (Lipinski definition) is 1. The molecule has 0 spiro atoms. The average molecular weight is 184 g/mol. The van der Waals surface area contributed by atoms with E-state index in [-0.39, 0.29) is 5.41 Å². The predicted octanol–water partition coefficient (Wildman–Crippen LogP) is 0.507. The molecule has 1 aliphatic heterocycles. The largest absolute Gasteiger partial charge is 0.314 e. The topological polar surface area (TPSA) is 32.3 Å². The Morgan fingerprint density at radius 3 is 2.54 bits per heavy atom. The maximum absolute atomic E-state index is 10.7. The molecule has 0 aromatic heterocycles. The van der Waals surface area contributed by atoms with E-state index < -0.39 is 0 Å². The first-order chi connectivity index (χ1) is 6.14. The van der Waals surface area contributed by atoms with Gasteiger partial charge in [0.25, 0.3) is 0 Å². The number of carbonyl (C=O) groups excluding carboxylic acids is 1. The van der Waals surface area contributed by atoms with Gasteiger partial charge >= 0.3 is 0 Å². The average Bonchev–Trinajstić information content (AvgIpc) is 2.17. The highest BCUT2D eigenvalue weighted by Crippen LogP contribution is 2.16. The second kappa shape index (κ2) is 4.72. The van der Waals surface area contributed by atoms with Crippen LogP contribution in [0.25, 0.3) is 0 Å². The van der Waals surface area contributed by atoms with Gasteiger partial charge in [-0.15, -0.1) is 0 Å². The van der Waals surface area contributed by atoms with Crippen LogP contribution in [0.15, 0.2) is 0 Å². The second-order valence-electron chi connectivity index (χ2n) is 4.45. The maximum atomic E-state index is 10.7. The molecule has 1 aliphatic rings. The number of piperazine rings is 1. The zero-order chi connectivity index (χ0) is 9.73. The Hall–Kier alpha value is -0.410. The van der Waals surface area contributed by atoms with Crippen LogP contribution in [0, 0.1) is 5.41 Å². The summed E-state index contributed by atoms with van der Waals surface area (Å²) in [7, 11) is 0. The van der Waals surface area contributed by atoms with E-state index in [9.17, 15) is 4.79 Å². The van der Waals surface area contributed by atoms with Crippen LogP contribution in [0.1, 0.15) is 20.3 Å². The van der Waals surface area contributed by atoms with Gasteiger partial charge in [0.15, 0.2) is 0 Å². The van der Waals surface area contributed by atoms with Crippen molar-refractivity contribution in [1.29, 1.82) is 0 Å². The van der Waals surface area contributed by atoms with Gasteiger partial charge in [0.2, 0.25) is 0 Å². The Morgan fingerprint density at radius 1 is 1.38 bits per heavy atom. The molecule has 1 fully saturated rings. The lowest BCUT2D eigenvalue weighted by atomic mass is 9.91. The summed E-state index contributed by atoms with van der Waals surface area (Å²) in [6, 6.07) is 0. The third-order valence-corrected chi connectivity index (χ3v) is 2.60. The summed E-state index contributed by atoms with van der Waals surface area (Å²) >= 11 is 0. The molecule has 0 saturated carbocycles. The van der Waals surface area contributed by atoms with Crippen molar-refractivity contribution in [1.82, 2.24) is 10.2 Å². The fourth-order valence-corrected chi connectivity index (χ4v) is 1.44. The van der Waals surface area contributed by atoms with Crippen molar-refractivity contribution < 1.29 is 4.79 Å². The summed E-state index contributed by atoms with van der Waals surface area (Å²) in [5, 5.41) is 3.31. The van der Waals surface area contributed by atoms with E-state index in [2.05, 4.69) is 10.2 Å². The van der Waals surface area contributed by atoms with E-state index in [4.69, 9.17) is 0 Å². The van der Waals surface area contributed by atoms with E-state index >= 15 is 0 Å². The minimum Gasteiger partial charge on any atom is -0.314 e. The van der Waals surface area contributed by atoms with Gasteiger partial charge in [-0.05, 0) is 13.0 Å². The van der Waals surface area contributed by atoms with Crippen LogP contribution in [0.4, 0.5) is 0 Å². The summed E-state index contributed by atoms with van der Waals surface area (Å²) in [5.74, 6) is 0. The summed E-state index contributed by atoms with van der Waals surface area (Å²) < 4.78 is 0. The number of carbonyl (C=O) groups is 1. The molecule has 3 nitrogen and oxygen atoms in total. The first kappa shape index (κ1) is 10.7. The highest BCUT2D eigenvalue weighted by Gasteiger charge is 2.18. The summed E-state index contributed by atoms with van der Waals surface area (Å²) in [6.07, 6.45) is 2.03. The predicted molar refractivity (Wildman–Crippen MR) is 53.8 cm³/mol. The quantitative estimate of drug-likeness (QED) is 0.646. The lowest BCUT2D eigenvalue weighted by molar-refractivity contribution is -0.115. The van der Waals surface area contributed by atoms with E-state index in [1.165, 1.54) is 0 Å². The van der Waals surface area contributed by atoms with Gasteiger partial charge < -0.3 is 15.0 Å². The zero-order valence-electron chi connectivity index (χ0n) is 8.68. The zero-order valence-corrected chi connectivity index (χ0v) is 8.68. The molecule has 0 unspecified atom stereocenters. The molecule has 1 N–H and O–H groups in total. The van der Waals surface area contributed by atoms with Gasteiger partial charge in [-0.2, -0.15) is 0 Å². The molecule has 0 radical (unpaired) electrons. The molecule has 13 heavy (non-hydrogen) atoms. The molecule has 0 atom stereocenters. The Kier molecular flexibility index (Phi) is 3.88. The minimum absolute atomic E-state index is 0.148. The fraction of sp³-hybridized carbons (Fsp3) is 0.900. The Labute approximate surface area is 80.5 Å². The van der Waals surface area contributed by atoms with Gasteiger partial charge in [0, 0.05) is 31.6 Å². The van der Waals surface area contributed by atoms with Crippen LogP contribution in [0.3, 0.4) is 0 Å². The molecule has 3 heteroatoms. The molecule has 0 bridgehead atoms. The fourth-order valence-electron chi connectivity index (χ4n) is 1.44. The molecule has 0 amide bonds. The van der Waals surface area contributed by atoms with Crippen molar-refractivity contribution in [2.45, 2.75) is 20.3 Å². The van der Waals surface area contributed by atoms with Crippen LogP contribution < -0.4 is 5.32 Å². The first-order valence-corrected chi connectivity index (χ1v) is 5.03. The standard InChI is InChI=1S/C10H20N2O/c1-10(2,9-13)3-6-12-7-4-11-5-8-12/h9,11H,3-8H2,1-2H3. The molecule has 1 heterocycles. The van der Waals surface area contributed by atoms with Crippen molar-refractivity contribution in [3.8, 4) is 0 Å². The normalized spacial score (nSPS) is 20.2. The SMILES string of the molecule is CC(C)(C=O)CCN1CCNCC1. The highest BCUT2D eigenvalue weighted by atomic mass is 16.1. The number of nitrogens with one attached hydrogen (secondary N) is 1. The molecule has 0 aromatic rings. The van der Waals surface area contributed by atoms with Crippen LogP contribution >= 0.6 is 0 Å². The number of nitrogens with zero attached hydrogens (tertiary/aromatic N) is 1. The highest BCUT2D eigenvalue weighted by molar-refractivity contribution is 5.57. The molecular weight excluding hydrogens is 164 g/mol. The smallest absolute Gasteiger partial charge is 0.125 e. The van der Waals surface area contributed by atoms with Gasteiger partial charge in [-0.25, -0.2) is 0 Å². The molecule has 1 rings (SSSR count). The van der Waals surface area contributed by atoms with Crippen LogP contribution in [-0.2, 0) is 4.79 Å². The van der Waals surface area contributed by atoms with Crippen LogP contribution in [0.2, 0.25) is 0 Å². The minimum atomic E-state index is -0.148. The molecule has 0 aliphatic carbocycles. The monoisotopic (exact) mass is 184 g/mol. The molecule has 76 valence electrons. The van der Waals surface area contributed by atoms with Gasteiger partial charge in [-0.3, -0.25) is 0 Å². The number of rotatable bonds is 4. The van der Waals surface area contributed by atoms with E-state index in [0.717, 1.165) is 45.4 Å². The summed E-state index contributed by atoms with van der Waals surface area (Å²) in [6.45, 7) is 9.46. The maximum Gasteiger partial charge on any atom is 0.125 e. The second-order valence-corrected chi connectivity index (χ2v) is 4.45. The van der Waals surface area contributed by atoms with Crippen molar-refractivity contribution in [2.24, 2.45) is 5.41 Å². The van der Waals surface area contributed by atoms with Gasteiger partial charge in [-0.1, -0.05) is 13.8 Å². The molecule has 0 aromatic carbocycles. The van der Waals surface area contributed by atoms with Crippen molar-refractivity contribution in [3.05, 3.63) is 0 Å². The van der Waals surface area contributed by atoms with Crippen LogP contribution in [-0.4, -0.2) is 43.9 Å². The van der Waals surface area contributed by atoms with Gasteiger partial charge in [0.1, 0.15) is 6.29 Å². The first-order valence-electron chi connectivity index (χ1n) is 5.03. The van der Waals surface area contributed by atoms with E-state index in [1.807, 2.05) is 13.8 Å². The van der Waals surface area contributed by atoms with Crippen molar-refractivity contribution >= 4 is 6.29 Å². The third-order valence-electron chi connectivity index (χ3n) is 2.60. The summed E-state index contributed by atoms with van der Waals surface area (Å²) in [5.41, 5.74) is -0.148. The van der Waals surface area contributed by atoms with E-state index in [1.54, 1.807) is 0 Å². The van der Waals surface area contributed by atoms with Gasteiger partial charge in [0.05, 0.1) is 0 Å². The summed E-state index contributed by atoms with van der Waals surface area (Å²) in [4.78, 5) is 13.1. The van der Waals surface area contributed by atoms with E-state index in [0.29, 0.717) is 0 Å². The van der Waals surface area contributed by atoms with Crippen LogP contribution in [0.5, 0.6) is 0 Å². The number of hydrogen-bond acceptors (Lipinski definition) is 3. The Balaban J connectivity index is 2.20. The lowest BCUT2D eigenvalue weighted by Gasteiger charge is -2.29. The Morgan fingerprint density at radius 2 is 2.00 bits per heavy atom. The number of aldehydes is 1. The Bertz CT molecular complexity index is 162. The van der Waals surface area contributed by atoms with Crippen molar-refractivity contribution in [2.75, 3.05) is 32.7 Å². The molecule has 1 saturated heterocycles. The molecular formula is C10H20N2O. The third kappa shape index (κ3) is 3.87.